The number of benzene rings is 3. The lowest BCUT2D eigenvalue weighted by molar-refractivity contribution is -0.118. The number of aromatic hydroxyl groups is 1. The quantitative estimate of drug-likeness (QED) is 0.184. The third kappa shape index (κ3) is 6.01. The number of carbonyl (C=O) groups is 1. The van der Waals surface area contributed by atoms with Gasteiger partial charge in [0, 0.05) is 16.8 Å². The Labute approximate surface area is 217 Å². The van der Waals surface area contributed by atoms with Crippen LogP contribution < -0.4 is 19.6 Å². The summed E-state index contributed by atoms with van der Waals surface area (Å²) in [4.78, 5) is 12.5. The average molecular weight is 520 g/mol. The number of hydrazone groups is 1. The SMILES string of the molecule is COc1ccc(-c2nnc(SCC(=O)N/N=C\c3cc(OC)c(O)c(OC)c3)n2-c2ccccc2)cc1. The van der Waals surface area contributed by atoms with Gasteiger partial charge in [0.25, 0.3) is 5.91 Å². The highest BCUT2D eigenvalue weighted by Gasteiger charge is 2.17. The highest BCUT2D eigenvalue weighted by molar-refractivity contribution is 7.99. The fraction of sp³-hybridized carbons (Fsp3) is 0.154. The summed E-state index contributed by atoms with van der Waals surface area (Å²) in [5.74, 6) is 1.47. The van der Waals surface area contributed by atoms with Gasteiger partial charge in [0.15, 0.2) is 22.5 Å². The van der Waals surface area contributed by atoms with E-state index in [0.717, 1.165) is 17.0 Å². The number of carbonyl (C=O) groups excluding carboxylic acids is 1. The Balaban J connectivity index is 1.48. The first-order chi connectivity index (χ1) is 18.0. The summed E-state index contributed by atoms with van der Waals surface area (Å²) >= 11 is 1.24. The minimum Gasteiger partial charge on any atom is -0.502 e. The average Bonchev–Trinajstić information content (AvgIpc) is 3.37. The molecule has 4 aromatic rings. The molecule has 0 unspecified atom stereocenters. The number of methoxy groups -OCH3 is 3. The molecule has 190 valence electrons. The summed E-state index contributed by atoms with van der Waals surface area (Å²) < 4.78 is 17.4. The molecule has 37 heavy (non-hydrogen) atoms. The Morgan fingerprint density at radius 2 is 1.68 bits per heavy atom. The number of amides is 1. The van der Waals surface area contributed by atoms with Crippen molar-refractivity contribution in [1.82, 2.24) is 20.2 Å². The predicted octanol–water partition coefficient (Wildman–Crippen LogP) is 3.91. The van der Waals surface area contributed by atoms with Crippen LogP contribution in [0.2, 0.25) is 0 Å². The number of thioether (sulfide) groups is 1. The molecule has 1 amide bonds. The van der Waals surface area contributed by atoms with Crippen molar-refractivity contribution in [1.29, 1.82) is 0 Å². The second-order valence-electron chi connectivity index (χ2n) is 7.56. The van der Waals surface area contributed by atoms with E-state index >= 15 is 0 Å². The van der Waals surface area contributed by atoms with E-state index in [1.165, 1.54) is 32.2 Å². The van der Waals surface area contributed by atoms with E-state index in [1.54, 1.807) is 19.2 Å². The Morgan fingerprint density at radius 3 is 2.30 bits per heavy atom. The summed E-state index contributed by atoms with van der Waals surface area (Å²) in [7, 11) is 4.48. The minimum atomic E-state index is -0.326. The van der Waals surface area contributed by atoms with E-state index < -0.39 is 0 Å². The monoisotopic (exact) mass is 519 g/mol. The summed E-state index contributed by atoms with van der Waals surface area (Å²) in [6.07, 6.45) is 1.43. The maximum Gasteiger partial charge on any atom is 0.250 e. The van der Waals surface area contributed by atoms with Crippen molar-refractivity contribution in [3.05, 3.63) is 72.3 Å². The van der Waals surface area contributed by atoms with Crippen LogP contribution in [0.15, 0.2) is 77.0 Å². The molecule has 0 saturated heterocycles. The number of nitrogens with one attached hydrogen (secondary N) is 1. The molecule has 4 rings (SSSR count). The molecule has 0 saturated carbocycles. The minimum absolute atomic E-state index is 0.0626. The van der Waals surface area contributed by atoms with Crippen molar-refractivity contribution in [3.8, 4) is 40.1 Å². The largest absolute Gasteiger partial charge is 0.502 e. The van der Waals surface area contributed by atoms with Crippen molar-refractivity contribution in [2.75, 3.05) is 27.1 Å². The lowest BCUT2D eigenvalue weighted by Crippen LogP contribution is -2.20. The lowest BCUT2D eigenvalue weighted by atomic mass is 10.2. The zero-order valence-corrected chi connectivity index (χ0v) is 21.2. The summed E-state index contributed by atoms with van der Waals surface area (Å²) in [5.41, 5.74) is 4.80. The molecular formula is C26H25N5O5S. The predicted molar refractivity (Wildman–Crippen MR) is 141 cm³/mol. The second kappa shape index (κ2) is 12.0. The number of nitrogens with zero attached hydrogens (tertiary/aromatic N) is 4. The van der Waals surface area contributed by atoms with Crippen LogP contribution in [0.5, 0.6) is 23.0 Å². The van der Waals surface area contributed by atoms with Gasteiger partial charge in [-0.25, -0.2) is 5.43 Å². The number of phenolic OH excluding ortho intramolecular Hbond substituents is 1. The standard InChI is InChI=1S/C26H25N5O5S/c1-34-20-11-9-18(10-12-20)25-29-30-26(31(25)19-7-5-4-6-8-19)37-16-23(32)28-27-15-17-13-21(35-2)24(33)22(14-17)36-3/h4-15,33H,16H2,1-3H3,(H,28,32)/b27-15-. The molecule has 0 radical (unpaired) electrons. The van der Waals surface area contributed by atoms with E-state index in [9.17, 15) is 9.90 Å². The Bertz CT molecular complexity index is 1370. The van der Waals surface area contributed by atoms with Crippen LogP contribution in [0.4, 0.5) is 0 Å². The van der Waals surface area contributed by atoms with Gasteiger partial charge in [0.2, 0.25) is 5.75 Å². The number of rotatable bonds is 10. The van der Waals surface area contributed by atoms with Crippen LogP contribution in [0.25, 0.3) is 17.1 Å². The van der Waals surface area contributed by atoms with Crippen LogP contribution >= 0.6 is 11.8 Å². The molecule has 3 aromatic carbocycles. The van der Waals surface area contributed by atoms with Crippen LogP contribution in [0.3, 0.4) is 0 Å². The summed E-state index contributed by atoms with van der Waals surface area (Å²) in [5, 5.41) is 23.3. The number of para-hydroxylation sites is 1. The van der Waals surface area contributed by atoms with Gasteiger partial charge in [-0.1, -0.05) is 30.0 Å². The van der Waals surface area contributed by atoms with Crippen molar-refractivity contribution < 1.29 is 24.1 Å². The lowest BCUT2D eigenvalue weighted by Gasteiger charge is -2.10. The van der Waals surface area contributed by atoms with Gasteiger partial charge < -0.3 is 19.3 Å². The fourth-order valence-electron chi connectivity index (χ4n) is 3.43. The molecule has 0 spiro atoms. The highest BCUT2D eigenvalue weighted by Crippen LogP contribution is 2.36. The van der Waals surface area contributed by atoms with Crippen LogP contribution in [0.1, 0.15) is 5.56 Å². The molecule has 0 aliphatic heterocycles. The van der Waals surface area contributed by atoms with Crippen LogP contribution in [-0.2, 0) is 4.79 Å². The Morgan fingerprint density at radius 1 is 1.00 bits per heavy atom. The first kappa shape index (κ1) is 25.6. The van der Waals surface area contributed by atoms with E-state index in [1.807, 2.05) is 59.2 Å². The van der Waals surface area contributed by atoms with Crippen molar-refractivity contribution in [3.63, 3.8) is 0 Å². The van der Waals surface area contributed by atoms with Gasteiger partial charge in [-0.05, 0) is 48.5 Å². The normalized spacial score (nSPS) is 10.9. The molecule has 10 nitrogen and oxygen atoms in total. The maximum absolute atomic E-state index is 12.5. The van der Waals surface area contributed by atoms with E-state index in [4.69, 9.17) is 14.2 Å². The van der Waals surface area contributed by atoms with Gasteiger partial charge in [0.1, 0.15) is 5.75 Å². The molecule has 0 aliphatic rings. The summed E-state index contributed by atoms with van der Waals surface area (Å²) in [6.45, 7) is 0. The van der Waals surface area contributed by atoms with Gasteiger partial charge in [-0.2, -0.15) is 5.10 Å². The smallest absolute Gasteiger partial charge is 0.250 e. The fourth-order valence-corrected chi connectivity index (χ4v) is 4.17. The van der Waals surface area contributed by atoms with E-state index in [-0.39, 0.29) is 28.9 Å². The second-order valence-corrected chi connectivity index (χ2v) is 8.50. The molecule has 1 heterocycles. The number of hydrogen-bond acceptors (Lipinski definition) is 9. The van der Waals surface area contributed by atoms with E-state index in [2.05, 4.69) is 20.7 Å². The topological polar surface area (TPSA) is 120 Å². The zero-order valence-electron chi connectivity index (χ0n) is 20.4. The summed E-state index contributed by atoms with van der Waals surface area (Å²) in [6, 6.07) is 20.4. The van der Waals surface area contributed by atoms with Crippen molar-refractivity contribution in [2.24, 2.45) is 5.10 Å². The molecule has 0 fully saturated rings. The molecule has 11 heteroatoms. The van der Waals surface area contributed by atoms with Gasteiger partial charge in [0.05, 0.1) is 33.3 Å². The van der Waals surface area contributed by atoms with Crippen molar-refractivity contribution in [2.45, 2.75) is 5.16 Å². The third-order valence-electron chi connectivity index (χ3n) is 5.23. The van der Waals surface area contributed by atoms with Crippen LogP contribution in [-0.4, -0.2) is 59.1 Å². The maximum atomic E-state index is 12.5. The van der Waals surface area contributed by atoms with Crippen molar-refractivity contribution >= 4 is 23.9 Å². The first-order valence-corrected chi connectivity index (χ1v) is 12.1. The van der Waals surface area contributed by atoms with E-state index in [0.29, 0.717) is 16.5 Å². The number of phenols is 1. The molecule has 0 atom stereocenters. The number of hydrogen-bond donors (Lipinski definition) is 2. The Hall–Kier alpha value is -4.51. The molecule has 0 aliphatic carbocycles. The first-order valence-electron chi connectivity index (χ1n) is 11.1. The number of ether oxygens (including phenoxy) is 3. The molecule has 2 N–H and O–H groups in total. The third-order valence-corrected chi connectivity index (χ3v) is 6.16. The van der Waals surface area contributed by atoms with Gasteiger partial charge in [-0.15, -0.1) is 10.2 Å². The Kier molecular flexibility index (Phi) is 8.26. The van der Waals surface area contributed by atoms with Crippen LogP contribution in [0, 0.1) is 0 Å². The number of aromatic nitrogens is 3. The molecule has 0 bridgehead atoms. The van der Waals surface area contributed by atoms with Gasteiger partial charge >= 0.3 is 0 Å². The zero-order chi connectivity index (χ0) is 26.2. The molecule has 1 aromatic heterocycles. The van der Waals surface area contributed by atoms with Gasteiger partial charge in [-0.3, -0.25) is 9.36 Å². The molecular weight excluding hydrogens is 494 g/mol. The highest BCUT2D eigenvalue weighted by atomic mass is 32.2.